The molecular formula is C24H37OSn. The summed E-state index contributed by atoms with van der Waals surface area (Å²) in [5.74, 6) is 0.328. The van der Waals surface area contributed by atoms with Crippen LogP contribution in [0.5, 0.6) is 5.75 Å². The van der Waals surface area contributed by atoms with Crippen LogP contribution in [0.4, 0.5) is 0 Å². The zero-order valence-corrected chi connectivity index (χ0v) is 19.9. The summed E-state index contributed by atoms with van der Waals surface area (Å²) in [6.45, 7) is 7.00. The Kier molecular flexibility index (Phi) is 13.4. The van der Waals surface area contributed by atoms with Crippen molar-refractivity contribution >= 4 is 19.8 Å². The monoisotopic (exact) mass is 461 g/mol. The summed E-state index contributed by atoms with van der Waals surface area (Å²) < 4.78 is 5.04. The topological polar surface area (TPSA) is 20.2 Å². The van der Waals surface area contributed by atoms with Gasteiger partial charge >= 0.3 is 92.4 Å². The third kappa shape index (κ3) is 9.66. The van der Waals surface area contributed by atoms with E-state index >= 15 is 0 Å². The van der Waals surface area contributed by atoms with E-state index in [2.05, 4.69) is 20.8 Å². The number of para-hydroxylation sites is 1. The first-order valence-electron chi connectivity index (χ1n) is 10.4. The second-order valence-corrected chi connectivity index (χ2v) is 15.5. The summed E-state index contributed by atoms with van der Waals surface area (Å²) in [5, 5.41) is 9.56. The van der Waals surface area contributed by atoms with Gasteiger partial charge in [-0.2, -0.15) is 0 Å². The number of hydrogen-bond donors (Lipinski definition) is 1. The molecule has 0 aliphatic heterocycles. The number of phenolic OH excluding ortho intramolecular Hbond substituents is 1. The third-order valence-electron chi connectivity index (χ3n) is 4.64. The van der Waals surface area contributed by atoms with Crippen LogP contribution < -0.4 is 0 Å². The van der Waals surface area contributed by atoms with Crippen LogP contribution in [0, 0.1) is 0 Å². The summed E-state index contributed by atoms with van der Waals surface area (Å²) in [4.78, 5) is 0. The van der Waals surface area contributed by atoms with Gasteiger partial charge in [0.2, 0.25) is 0 Å². The van der Waals surface area contributed by atoms with Crippen LogP contribution in [0.2, 0.25) is 13.3 Å². The minimum absolute atomic E-state index is 0.328. The summed E-state index contributed by atoms with van der Waals surface area (Å²) in [6, 6.07) is 17.2. The predicted molar refractivity (Wildman–Crippen MR) is 118 cm³/mol. The zero-order valence-electron chi connectivity index (χ0n) is 17.0. The van der Waals surface area contributed by atoms with E-state index in [1.54, 1.807) is 19.4 Å². The van der Waals surface area contributed by atoms with E-state index in [4.69, 9.17) is 0 Å². The van der Waals surface area contributed by atoms with Gasteiger partial charge in [-0.25, -0.2) is 0 Å². The van der Waals surface area contributed by atoms with Crippen molar-refractivity contribution in [2.75, 3.05) is 0 Å². The molecule has 1 N–H and O–H groups in total. The first-order chi connectivity index (χ1) is 12.7. The van der Waals surface area contributed by atoms with Gasteiger partial charge in [0.15, 0.2) is 0 Å². The molecule has 0 aliphatic rings. The molecule has 143 valence electrons. The molecule has 0 unspecified atom stereocenters. The maximum atomic E-state index is 9.56. The molecule has 0 spiro atoms. The van der Waals surface area contributed by atoms with Crippen LogP contribution in [0.3, 0.4) is 0 Å². The summed E-state index contributed by atoms with van der Waals surface area (Å²) in [5.41, 5.74) is 1.92. The average Bonchev–Trinajstić information content (AvgIpc) is 2.69. The van der Waals surface area contributed by atoms with Crippen molar-refractivity contribution in [3.63, 3.8) is 0 Å². The Morgan fingerprint density at radius 2 is 1.12 bits per heavy atom. The molecular weight excluding hydrogens is 423 g/mol. The molecule has 26 heavy (non-hydrogen) atoms. The molecule has 2 heteroatoms. The van der Waals surface area contributed by atoms with Crippen molar-refractivity contribution in [3.8, 4) is 16.9 Å². The Hall–Kier alpha value is -0.961. The van der Waals surface area contributed by atoms with Crippen LogP contribution in [-0.4, -0.2) is 24.9 Å². The van der Waals surface area contributed by atoms with Crippen LogP contribution in [0.1, 0.15) is 59.3 Å². The van der Waals surface area contributed by atoms with E-state index in [0.29, 0.717) is 5.75 Å². The fourth-order valence-corrected chi connectivity index (χ4v) is 12.4. The number of aromatic hydroxyl groups is 1. The van der Waals surface area contributed by atoms with E-state index in [1.165, 1.54) is 38.5 Å². The Balaban J connectivity index is 0.000000260. The number of rotatable bonds is 10. The van der Waals surface area contributed by atoms with Crippen molar-refractivity contribution in [1.29, 1.82) is 0 Å². The maximum absolute atomic E-state index is 9.56. The molecule has 0 atom stereocenters. The molecule has 0 amide bonds. The minimum atomic E-state index is -0.839. The molecule has 0 saturated carbocycles. The Bertz CT molecular complexity index is 548. The quantitative estimate of drug-likeness (QED) is 0.357. The Labute approximate surface area is 168 Å². The van der Waals surface area contributed by atoms with Gasteiger partial charge < -0.3 is 5.11 Å². The second kappa shape index (κ2) is 15.1. The number of unbranched alkanes of at least 4 members (excludes halogenated alkanes) is 3. The summed E-state index contributed by atoms with van der Waals surface area (Å²) in [7, 11) is 0. The maximum Gasteiger partial charge on any atom is 0.123 e. The van der Waals surface area contributed by atoms with E-state index in [9.17, 15) is 5.11 Å². The normalized spacial score (nSPS) is 10.5. The van der Waals surface area contributed by atoms with Gasteiger partial charge in [0.25, 0.3) is 0 Å². The number of benzene rings is 2. The number of hydrogen-bond acceptors (Lipinski definition) is 1. The average molecular weight is 460 g/mol. The van der Waals surface area contributed by atoms with Crippen LogP contribution in [-0.2, 0) is 0 Å². The van der Waals surface area contributed by atoms with Gasteiger partial charge in [-0.05, 0) is 11.6 Å². The van der Waals surface area contributed by atoms with Gasteiger partial charge in [-0.1, -0.05) is 48.5 Å². The molecule has 1 nitrogen and oxygen atoms in total. The number of phenols is 1. The molecule has 0 heterocycles. The zero-order chi connectivity index (χ0) is 19.0. The largest absolute Gasteiger partial charge is 0.507 e. The fraction of sp³-hybridized carbons (Fsp3) is 0.500. The molecule has 0 fully saturated rings. The van der Waals surface area contributed by atoms with E-state index in [0.717, 1.165) is 11.1 Å². The molecule has 0 aromatic heterocycles. The predicted octanol–water partition coefficient (Wildman–Crippen LogP) is 7.94. The molecule has 0 aliphatic carbocycles. The first-order valence-corrected chi connectivity index (χ1v) is 16.4. The van der Waals surface area contributed by atoms with Crippen LogP contribution >= 0.6 is 0 Å². The van der Waals surface area contributed by atoms with Crippen LogP contribution in [0.25, 0.3) is 11.1 Å². The van der Waals surface area contributed by atoms with E-state index < -0.39 is 19.8 Å². The van der Waals surface area contributed by atoms with Gasteiger partial charge in [0, 0.05) is 5.56 Å². The molecule has 0 bridgehead atoms. The molecule has 2 aromatic rings. The minimum Gasteiger partial charge on any atom is -0.507 e. The Morgan fingerprint density at radius 1 is 0.654 bits per heavy atom. The third-order valence-corrected chi connectivity index (χ3v) is 13.7. The molecule has 2 aromatic carbocycles. The Morgan fingerprint density at radius 3 is 1.58 bits per heavy atom. The van der Waals surface area contributed by atoms with Gasteiger partial charge in [0.1, 0.15) is 5.75 Å². The van der Waals surface area contributed by atoms with E-state index in [1.807, 2.05) is 48.5 Å². The van der Waals surface area contributed by atoms with Crippen molar-refractivity contribution in [1.82, 2.24) is 0 Å². The summed E-state index contributed by atoms with van der Waals surface area (Å²) in [6.07, 6.45) is 8.85. The fourth-order valence-electron chi connectivity index (χ4n) is 2.99. The first kappa shape index (κ1) is 23.1. The standard InChI is InChI=1S/C12H10O.3C4H9.Sn/c13-12-9-5-4-8-11(12)10-6-2-1-3-7-10;3*1-3-4-2;/h1-9,13H;3*1,3-4H2,2H3;. The van der Waals surface area contributed by atoms with Crippen molar-refractivity contribution in [2.24, 2.45) is 0 Å². The van der Waals surface area contributed by atoms with E-state index in [-0.39, 0.29) is 0 Å². The molecule has 1 radical (unpaired) electrons. The van der Waals surface area contributed by atoms with Gasteiger partial charge in [0.05, 0.1) is 0 Å². The molecule has 2 rings (SSSR count). The second-order valence-electron chi connectivity index (χ2n) is 6.94. The van der Waals surface area contributed by atoms with Crippen molar-refractivity contribution in [2.45, 2.75) is 72.6 Å². The van der Waals surface area contributed by atoms with Crippen molar-refractivity contribution < 1.29 is 5.11 Å². The molecule has 0 saturated heterocycles. The van der Waals surface area contributed by atoms with Crippen LogP contribution in [0.15, 0.2) is 54.6 Å². The van der Waals surface area contributed by atoms with Crippen molar-refractivity contribution in [3.05, 3.63) is 54.6 Å². The van der Waals surface area contributed by atoms with Gasteiger partial charge in [-0.3, -0.25) is 0 Å². The summed E-state index contributed by atoms with van der Waals surface area (Å²) >= 11 is -0.839. The SMILES string of the molecule is CCC[CH2][Sn]([CH2]CCC)[CH2]CCC.Oc1ccccc1-c1ccccc1. The van der Waals surface area contributed by atoms with Gasteiger partial charge in [-0.15, -0.1) is 0 Å². The smallest absolute Gasteiger partial charge is 0.123 e.